The van der Waals surface area contributed by atoms with Crippen molar-refractivity contribution in [1.29, 1.82) is 5.41 Å². The van der Waals surface area contributed by atoms with E-state index in [1.54, 1.807) is 12.3 Å². The molecule has 0 aromatic carbocycles. The summed E-state index contributed by atoms with van der Waals surface area (Å²) in [6.45, 7) is 0. The third-order valence-electron chi connectivity index (χ3n) is 3.90. The zero-order valence-corrected chi connectivity index (χ0v) is 15.0. The highest BCUT2D eigenvalue weighted by atomic mass is 79.9. The lowest BCUT2D eigenvalue weighted by molar-refractivity contribution is 0.442. The minimum atomic E-state index is 0.340. The largest absolute Gasteiger partial charge is 0.378 e. The molecule has 0 atom stereocenters. The molecule has 0 spiro atoms. The Labute approximate surface area is 147 Å². The molecule has 3 rings (SSSR count). The molecule has 0 saturated heterocycles. The highest BCUT2D eigenvalue weighted by Crippen LogP contribution is 2.28. The molecule has 0 unspecified atom stereocenters. The number of rotatable bonds is 2. The normalized spacial score (nSPS) is 16.7. The Morgan fingerprint density at radius 1 is 1.26 bits per heavy atom. The topological polar surface area (TPSA) is 88.0 Å². The molecule has 1 saturated carbocycles. The summed E-state index contributed by atoms with van der Waals surface area (Å²) < 4.78 is 0.875. The number of nitrogens with zero attached hydrogens (tertiary/aromatic N) is 3. The first-order valence-corrected chi connectivity index (χ1v) is 9.25. The fourth-order valence-corrected chi connectivity index (χ4v) is 3.82. The number of nitrogens with two attached hydrogens (primary N) is 1. The highest BCUT2D eigenvalue weighted by Gasteiger charge is 2.19. The predicted octanol–water partition coefficient (Wildman–Crippen LogP) is 4.63. The maximum absolute atomic E-state index is 8.20. The van der Waals surface area contributed by atoms with Crippen LogP contribution in [0.3, 0.4) is 0 Å². The van der Waals surface area contributed by atoms with Gasteiger partial charge in [0.05, 0.1) is 16.1 Å². The Hall–Kier alpha value is -1.47. The van der Waals surface area contributed by atoms with Gasteiger partial charge in [-0.3, -0.25) is 10.4 Å². The number of aromatic nitrogens is 2. The molecule has 120 valence electrons. The molecule has 2 aromatic rings. The zero-order valence-electron chi connectivity index (χ0n) is 12.6. The Kier molecular flexibility index (Phi) is 5.27. The molecule has 1 fully saturated rings. The number of nitrogens with one attached hydrogen (secondary N) is 1. The average Bonchev–Trinajstić information content (AvgIpc) is 2.55. The third kappa shape index (κ3) is 4.29. The lowest BCUT2D eigenvalue weighted by Gasteiger charge is -2.21. The zero-order chi connectivity index (χ0) is 16.2. The van der Waals surface area contributed by atoms with Gasteiger partial charge in [-0.1, -0.05) is 19.3 Å². The number of amidine groups is 1. The summed E-state index contributed by atoms with van der Waals surface area (Å²) in [7, 11) is 0. The minimum absolute atomic E-state index is 0.340. The van der Waals surface area contributed by atoms with E-state index in [-0.39, 0.29) is 0 Å². The van der Waals surface area contributed by atoms with Gasteiger partial charge in [-0.2, -0.15) is 0 Å². The van der Waals surface area contributed by atoms with Crippen molar-refractivity contribution in [1.82, 2.24) is 9.97 Å². The van der Waals surface area contributed by atoms with Gasteiger partial charge in [-0.05, 0) is 58.7 Å². The van der Waals surface area contributed by atoms with Crippen LogP contribution in [0, 0.1) is 11.3 Å². The molecule has 2 aromatic heterocycles. The molecule has 3 N–H and O–H groups in total. The summed E-state index contributed by atoms with van der Waals surface area (Å²) in [5.74, 6) is 0.881. The van der Waals surface area contributed by atoms with Gasteiger partial charge in [0.25, 0.3) is 0 Å². The first kappa shape index (κ1) is 16.4. The van der Waals surface area contributed by atoms with Crippen molar-refractivity contribution < 1.29 is 0 Å². The van der Waals surface area contributed by atoms with E-state index in [0.717, 1.165) is 28.3 Å². The van der Waals surface area contributed by atoms with Crippen LogP contribution in [0.15, 0.2) is 33.9 Å². The quantitative estimate of drug-likeness (QED) is 0.576. The van der Waals surface area contributed by atoms with Crippen LogP contribution in [0.4, 0.5) is 5.82 Å². The molecule has 23 heavy (non-hydrogen) atoms. The summed E-state index contributed by atoms with van der Waals surface area (Å²) in [4.78, 5) is 13.1. The summed E-state index contributed by atoms with van der Waals surface area (Å²) in [5.41, 5.74) is 7.57. The van der Waals surface area contributed by atoms with E-state index in [2.05, 4.69) is 30.9 Å². The fraction of sp³-hybridized carbons (Fsp3) is 0.375. The van der Waals surface area contributed by atoms with Crippen molar-refractivity contribution in [2.75, 3.05) is 0 Å². The smallest absolute Gasteiger partial charge is 0.166 e. The van der Waals surface area contributed by atoms with Crippen molar-refractivity contribution in [3.8, 4) is 0 Å². The number of pyridine rings is 2. The molecular formula is C16H18BrN5S. The fourth-order valence-electron chi connectivity index (χ4n) is 2.73. The van der Waals surface area contributed by atoms with E-state index in [1.807, 2.05) is 12.1 Å². The van der Waals surface area contributed by atoms with Crippen molar-refractivity contribution in [2.45, 2.75) is 32.1 Å². The number of fused-ring (bicyclic) bond motifs is 1. The first-order chi connectivity index (χ1) is 11.1. The van der Waals surface area contributed by atoms with Crippen LogP contribution in [-0.4, -0.2) is 20.2 Å². The number of hydrogen-bond acceptors (Lipinski definition) is 5. The van der Waals surface area contributed by atoms with Crippen LogP contribution in [0.1, 0.15) is 32.1 Å². The molecule has 0 bridgehead atoms. The van der Waals surface area contributed by atoms with Gasteiger partial charge in [-0.25, -0.2) is 9.98 Å². The molecule has 2 heterocycles. The molecule has 0 aliphatic heterocycles. The molecule has 0 amide bonds. The molecule has 5 nitrogen and oxygen atoms in total. The average molecular weight is 392 g/mol. The van der Waals surface area contributed by atoms with Gasteiger partial charge in [0.1, 0.15) is 0 Å². The van der Waals surface area contributed by atoms with Gasteiger partial charge in [0, 0.05) is 16.6 Å². The minimum Gasteiger partial charge on any atom is -0.378 e. The van der Waals surface area contributed by atoms with Gasteiger partial charge < -0.3 is 5.73 Å². The SMILES string of the molecule is N=C(SC(N)=Nc1ccc2ncc(Br)cc2n1)C1CCCCC1. The molecule has 0 radical (unpaired) electrons. The van der Waals surface area contributed by atoms with Gasteiger partial charge in [0.15, 0.2) is 11.0 Å². The van der Waals surface area contributed by atoms with E-state index in [4.69, 9.17) is 11.1 Å². The first-order valence-electron chi connectivity index (χ1n) is 7.64. The van der Waals surface area contributed by atoms with Crippen LogP contribution in [0.25, 0.3) is 11.0 Å². The second-order valence-corrected chi connectivity index (χ2v) is 7.59. The van der Waals surface area contributed by atoms with Crippen molar-refractivity contribution in [2.24, 2.45) is 16.6 Å². The van der Waals surface area contributed by atoms with Gasteiger partial charge in [-0.15, -0.1) is 0 Å². The second kappa shape index (κ2) is 7.40. The van der Waals surface area contributed by atoms with Gasteiger partial charge >= 0.3 is 0 Å². The van der Waals surface area contributed by atoms with E-state index in [0.29, 0.717) is 21.9 Å². The molecule has 1 aliphatic rings. The van der Waals surface area contributed by atoms with E-state index in [1.165, 1.54) is 31.0 Å². The van der Waals surface area contributed by atoms with Gasteiger partial charge in [0.2, 0.25) is 0 Å². The van der Waals surface area contributed by atoms with E-state index >= 15 is 0 Å². The lowest BCUT2D eigenvalue weighted by Crippen LogP contribution is -2.18. The van der Waals surface area contributed by atoms with Crippen molar-refractivity contribution in [3.63, 3.8) is 0 Å². The van der Waals surface area contributed by atoms with Crippen LogP contribution in [0.2, 0.25) is 0 Å². The number of aliphatic imine (C=N–C) groups is 1. The number of thioether (sulfide) groups is 1. The summed E-state index contributed by atoms with van der Waals surface area (Å²) in [5, 5.41) is 9.20. The van der Waals surface area contributed by atoms with Crippen LogP contribution >= 0.6 is 27.7 Å². The molecule has 7 heteroatoms. The maximum atomic E-state index is 8.20. The monoisotopic (exact) mass is 391 g/mol. The maximum Gasteiger partial charge on any atom is 0.166 e. The van der Waals surface area contributed by atoms with E-state index in [9.17, 15) is 0 Å². The Morgan fingerprint density at radius 3 is 2.83 bits per heavy atom. The third-order valence-corrected chi connectivity index (χ3v) is 5.19. The van der Waals surface area contributed by atoms with Crippen LogP contribution in [0.5, 0.6) is 0 Å². The standard InChI is InChI=1S/C16H18BrN5S/c17-11-8-13-12(20-9-11)6-7-14(21-13)22-16(19)23-15(18)10-4-2-1-3-5-10/h6-10,18H,1-5H2,(H2,19,21,22). The van der Waals surface area contributed by atoms with Crippen LogP contribution < -0.4 is 5.73 Å². The number of hydrogen-bond donors (Lipinski definition) is 2. The van der Waals surface area contributed by atoms with Crippen LogP contribution in [-0.2, 0) is 0 Å². The highest BCUT2D eigenvalue weighted by molar-refractivity contribution is 9.10. The Morgan fingerprint density at radius 2 is 2.04 bits per heavy atom. The summed E-state index contributed by atoms with van der Waals surface area (Å²) in [6.07, 6.45) is 7.61. The number of halogens is 1. The lowest BCUT2D eigenvalue weighted by atomic mass is 9.90. The van der Waals surface area contributed by atoms with Crippen molar-refractivity contribution in [3.05, 3.63) is 28.9 Å². The summed E-state index contributed by atoms with van der Waals surface area (Å²) >= 11 is 4.65. The summed E-state index contributed by atoms with van der Waals surface area (Å²) in [6, 6.07) is 5.56. The Bertz CT molecular complexity index is 755. The second-order valence-electron chi connectivity index (χ2n) is 5.61. The molecule has 1 aliphatic carbocycles. The predicted molar refractivity (Wildman–Crippen MR) is 100 cm³/mol. The Balaban J connectivity index is 1.73. The van der Waals surface area contributed by atoms with Crippen molar-refractivity contribution >= 4 is 54.8 Å². The molecular weight excluding hydrogens is 374 g/mol. The van der Waals surface area contributed by atoms with E-state index < -0.39 is 0 Å².